The molecule has 10 aromatic carbocycles. The highest BCUT2D eigenvalue weighted by atomic mass is 14.2. The van der Waals surface area contributed by atoms with Gasteiger partial charge in [0.25, 0.3) is 0 Å². The lowest BCUT2D eigenvalue weighted by Gasteiger charge is -2.19. The average Bonchev–Trinajstić information content (AvgIpc) is 3.22. The summed E-state index contributed by atoms with van der Waals surface area (Å²) in [4.78, 5) is 0. The molecule has 0 atom stereocenters. The van der Waals surface area contributed by atoms with E-state index in [1.54, 1.807) is 0 Å². The van der Waals surface area contributed by atoms with Crippen LogP contribution in [0.1, 0.15) is 0 Å². The fourth-order valence-corrected chi connectivity index (χ4v) is 8.32. The van der Waals surface area contributed by atoms with Crippen LogP contribution in [0.3, 0.4) is 0 Å². The molecule has 52 heavy (non-hydrogen) atoms. The molecule has 0 saturated carbocycles. The highest BCUT2D eigenvalue weighted by molar-refractivity contribution is 6.21. The lowest BCUT2D eigenvalue weighted by atomic mass is 9.84. The van der Waals surface area contributed by atoms with Gasteiger partial charge in [-0.15, -0.1) is 0 Å². The molecular formula is C52H34. The van der Waals surface area contributed by atoms with Crippen molar-refractivity contribution < 1.29 is 0 Å². The molecule has 0 amide bonds. The maximum atomic E-state index is 2.40. The van der Waals surface area contributed by atoms with E-state index >= 15 is 0 Å². The number of rotatable bonds is 5. The minimum Gasteiger partial charge on any atom is -0.0622 e. The van der Waals surface area contributed by atoms with Crippen LogP contribution < -0.4 is 0 Å². The average molecular weight is 659 g/mol. The first-order valence-corrected chi connectivity index (χ1v) is 18.0. The Labute approximate surface area is 303 Å². The molecule has 0 aliphatic heterocycles. The van der Waals surface area contributed by atoms with Crippen molar-refractivity contribution in [1.82, 2.24) is 0 Å². The minimum absolute atomic E-state index is 1.22. The van der Waals surface area contributed by atoms with Gasteiger partial charge in [0.1, 0.15) is 0 Å². The van der Waals surface area contributed by atoms with Crippen molar-refractivity contribution in [2.75, 3.05) is 0 Å². The second-order valence-corrected chi connectivity index (χ2v) is 13.6. The lowest BCUT2D eigenvalue weighted by molar-refractivity contribution is 1.60. The molecule has 10 aromatic rings. The largest absolute Gasteiger partial charge is 0.0622 e. The summed E-state index contributed by atoms with van der Waals surface area (Å²) in [6, 6.07) is 75.5. The first-order chi connectivity index (χ1) is 25.8. The van der Waals surface area contributed by atoms with Crippen LogP contribution in [0.2, 0.25) is 0 Å². The van der Waals surface area contributed by atoms with E-state index in [1.165, 1.54) is 98.7 Å². The predicted octanol–water partition coefficient (Wildman–Crippen LogP) is 14.6. The molecule has 0 spiro atoms. The Kier molecular flexibility index (Phi) is 7.25. The number of hydrogen-bond acceptors (Lipinski definition) is 0. The molecule has 0 fully saturated rings. The molecule has 0 nitrogen and oxygen atoms in total. The van der Waals surface area contributed by atoms with E-state index in [9.17, 15) is 0 Å². The highest BCUT2D eigenvalue weighted by Crippen LogP contribution is 2.46. The summed E-state index contributed by atoms with van der Waals surface area (Å²) >= 11 is 0. The van der Waals surface area contributed by atoms with Gasteiger partial charge in [0.15, 0.2) is 0 Å². The maximum absolute atomic E-state index is 2.40. The van der Waals surface area contributed by atoms with Crippen molar-refractivity contribution in [2.45, 2.75) is 0 Å². The van der Waals surface area contributed by atoms with Gasteiger partial charge in [0.2, 0.25) is 0 Å². The van der Waals surface area contributed by atoms with E-state index in [-0.39, 0.29) is 0 Å². The van der Waals surface area contributed by atoms with Crippen molar-refractivity contribution in [3.63, 3.8) is 0 Å². The second-order valence-electron chi connectivity index (χ2n) is 13.6. The molecule has 0 unspecified atom stereocenters. The van der Waals surface area contributed by atoms with Crippen molar-refractivity contribution in [3.8, 4) is 55.6 Å². The summed E-state index contributed by atoms with van der Waals surface area (Å²) in [6.45, 7) is 0. The maximum Gasteiger partial charge on any atom is -0.00262 e. The number of benzene rings is 10. The first kappa shape index (κ1) is 30.1. The Hall–Kier alpha value is -6.76. The van der Waals surface area contributed by atoms with Gasteiger partial charge in [-0.05, 0) is 105 Å². The monoisotopic (exact) mass is 658 g/mol. The molecule has 0 radical (unpaired) electrons. The SMILES string of the molecule is c1ccc(-c2ccc3ccccc3c2-c2cccc(-c3c4ccccc4c(-c4ccc(-c5cccc6ccccc56)cc4)c4ccccc34)c2)cc1. The van der Waals surface area contributed by atoms with E-state index in [2.05, 4.69) is 206 Å². The molecule has 0 heterocycles. The zero-order valence-electron chi connectivity index (χ0n) is 28.6. The standard InChI is InChI=1S/C52H34/c1-2-14-36(15-3-1)45-33-32-37-17-5-7-22-44(37)51(45)40-19-12-20-41(34-40)52-48-25-10-8-23-46(48)50(47-24-9-11-26-49(47)52)39-30-28-38(29-31-39)43-27-13-18-35-16-4-6-21-42(35)43/h1-34H. The number of fused-ring (bicyclic) bond motifs is 4. The quantitative estimate of drug-likeness (QED) is 0.161. The summed E-state index contributed by atoms with van der Waals surface area (Å²) in [5, 5.41) is 10.1. The molecule has 0 aliphatic carbocycles. The van der Waals surface area contributed by atoms with Gasteiger partial charge in [-0.2, -0.15) is 0 Å². The van der Waals surface area contributed by atoms with Crippen molar-refractivity contribution >= 4 is 43.1 Å². The van der Waals surface area contributed by atoms with E-state index in [4.69, 9.17) is 0 Å². The van der Waals surface area contributed by atoms with E-state index in [0.717, 1.165) is 0 Å². The summed E-state index contributed by atoms with van der Waals surface area (Å²) in [5.41, 5.74) is 12.4. The minimum atomic E-state index is 1.22. The smallest absolute Gasteiger partial charge is 0.00262 e. The summed E-state index contributed by atoms with van der Waals surface area (Å²) < 4.78 is 0. The molecule has 0 aromatic heterocycles. The molecule has 0 heteroatoms. The van der Waals surface area contributed by atoms with Crippen LogP contribution in [0.5, 0.6) is 0 Å². The Morgan fingerprint density at radius 1 is 0.192 bits per heavy atom. The molecule has 242 valence electrons. The fourth-order valence-electron chi connectivity index (χ4n) is 8.32. The van der Waals surface area contributed by atoms with Crippen molar-refractivity contribution in [2.24, 2.45) is 0 Å². The fraction of sp³-hybridized carbons (Fsp3) is 0. The first-order valence-electron chi connectivity index (χ1n) is 18.0. The normalized spacial score (nSPS) is 11.5. The molecule has 0 saturated heterocycles. The lowest BCUT2D eigenvalue weighted by Crippen LogP contribution is -1.92. The van der Waals surface area contributed by atoms with E-state index in [0.29, 0.717) is 0 Å². The van der Waals surface area contributed by atoms with Crippen LogP contribution in [0.15, 0.2) is 206 Å². The summed E-state index contributed by atoms with van der Waals surface area (Å²) in [7, 11) is 0. The Bertz CT molecular complexity index is 2870. The van der Waals surface area contributed by atoms with Gasteiger partial charge in [0.05, 0.1) is 0 Å². The zero-order chi connectivity index (χ0) is 34.4. The topological polar surface area (TPSA) is 0 Å². The zero-order valence-corrected chi connectivity index (χ0v) is 28.6. The third-order valence-electron chi connectivity index (χ3n) is 10.7. The molecule has 0 aliphatic rings. The van der Waals surface area contributed by atoms with Gasteiger partial charge in [0, 0.05) is 0 Å². The van der Waals surface area contributed by atoms with Crippen LogP contribution in [0.4, 0.5) is 0 Å². The molecule has 10 rings (SSSR count). The predicted molar refractivity (Wildman–Crippen MR) is 224 cm³/mol. The molecule has 0 N–H and O–H groups in total. The molecule has 0 bridgehead atoms. The Morgan fingerprint density at radius 3 is 1.27 bits per heavy atom. The third kappa shape index (κ3) is 5.00. The third-order valence-corrected chi connectivity index (χ3v) is 10.7. The van der Waals surface area contributed by atoms with Crippen LogP contribution in [0.25, 0.3) is 98.7 Å². The highest BCUT2D eigenvalue weighted by Gasteiger charge is 2.18. The number of hydrogen-bond donors (Lipinski definition) is 0. The second kappa shape index (κ2) is 12.5. The van der Waals surface area contributed by atoms with Gasteiger partial charge in [-0.3, -0.25) is 0 Å². The summed E-state index contributed by atoms with van der Waals surface area (Å²) in [5.74, 6) is 0. The van der Waals surface area contributed by atoms with Crippen LogP contribution in [0, 0.1) is 0 Å². The van der Waals surface area contributed by atoms with E-state index in [1.807, 2.05) is 0 Å². The van der Waals surface area contributed by atoms with Gasteiger partial charge in [-0.25, -0.2) is 0 Å². The Morgan fingerprint density at radius 2 is 0.615 bits per heavy atom. The van der Waals surface area contributed by atoms with Crippen LogP contribution in [-0.4, -0.2) is 0 Å². The van der Waals surface area contributed by atoms with Gasteiger partial charge < -0.3 is 0 Å². The summed E-state index contributed by atoms with van der Waals surface area (Å²) in [6.07, 6.45) is 0. The van der Waals surface area contributed by atoms with Crippen LogP contribution in [-0.2, 0) is 0 Å². The van der Waals surface area contributed by atoms with E-state index < -0.39 is 0 Å². The van der Waals surface area contributed by atoms with Gasteiger partial charge >= 0.3 is 0 Å². The molecular weight excluding hydrogens is 625 g/mol. The van der Waals surface area contributed by atoms with Crippen LogP contribution >= 0.6 is 0 Å². The Balaban J connectivity index is 1.17. The van der Waals surface area contributed by atoms with Gasteiger partial charge in [-0.1, -0.05) is 200 Å². The van der Waals surface area contributed by atoms with Crippen molar-refractivity contribution in [1.29, 1.82) is 0 Å². The van der Waals surface area contributed by atoms with Crippen molar-refractivity contribution in [3.05, 3.63) is 206 Å².